The van der Waals surface area contributed by atoms with Crippen LogP contribution >= 0.6 is 0 Å². The molecule has 7 nitrogen and oxygen atoms in total. The number of hydrogen-bond donors (Lipinski definition) is 2. The van der Waals surface area contributed by atoms with E-state index in [2.05, 4.69) is 20.3 Å². The van der Waals surface area contributed by atoms with Gasteiger partial charge in [0.25, 0.3) is 0 Å². The quantitative estimate of drug-likeness (QED) is 0.744. The number of nitrogens with zero attached hydrogens (tertiary/aromatic N) is 3. The minimum Gasteiger partial charge on any atom is -0.497 e. The number of fused-ring (bicyclic) bond motifs is 1. The molecule has 122 valence electrons. The number of carbonyl (C=O) groups is 1. The Morgan fingerprint density at radius 1 is 1.21 bits per heavy atom. The van der Waals surface area contributed by atoms with Crippen molar-refractivity contribution in [3.63, 3.8) is 0 Å². The van der Waals surface area contributed by atoms with E-state index in [-0.39, 0.29) is 11.7 Å². The van der Waals surface area contributed by atoms with Crippen molar-refractivity contribution >= 4 is 22.6 Å². The Kier molecular flexibility index (Phi) is 4.24. The molecule has 24 heavy (non-hydrogen) atoms. The van der Waals surface area contributed by atoms with E-state index in [1.165, 1.54) is 12.4 Å². The van der Waals surface area contributed by atoms with E-state index in [1.807, 2.05) is 31.2 Å². The van der Waals surface area contributed by atoms with E-state index in [4.69, 9.17) is 9.84 Å². The Bertz CT molecular complexity index is 881. The fraction of sp³-hybridized carbons (Fsp3) is 0.176. The first kappa shape index (κ1) is 15.7. The summed E-state index contributed by atoms with van der Waals surface area (Å²) in [7, 11) is 1.62. The molecule has 0 saturated carbocycles. The monoisotopic (exact) mass is 324 g/mol. The van der Waals surface area contributed by atoms with E-state index in [1.54, 1.807) is 13.3 Å². The van der Waals surface area contributed by atoms with Crippen LogP contribution in [0.3, 0.4) is 0 Å². The van der Waals surface area contributed by atoms with Gasteiger partial charge in [-0.15, -0.1) is 0 Å². The zero-order valence-corrected chi connectivity index (χ0v) is 13.2. The molecule has 3 aromatic rings. The largest absolute Gasteiger partial charge is 0.497 e. The zero-order chi connectivity index (χ0) is 17.1. The van der Waals surface area contributed by atoms with E-state index in [0.29, 0.717) is 5.82 Å². The van der Waals surface area contributed by atoms with Crippen molar-refractivity contribution in [2.45, 2.75) is 13.0 Å². The van der Waals surface area contributed by atoms with Gasteiger partial charge in [-0.25, -0.2) is 14.8 Å². The summed E-state index contributed by atoms with van der Waals surface area (Å²) >= 11 is 0. The Morgan fingerprint density at radius 2 is 2.04 bits per heavy atom. The fourth-order valence-electron chi connectivity index (χ4n) is 2.45. The fourth-order valence-corrected chi connectivity index (χ4v) is 2.45. The number of rotatable bonds is 5. The third-order valence-electron chi connectivity index (χ3n) is 3.65. The smallest absolute Gasteiger partial charge is 0.356 e. The van der Waals surface area contributed by atoms with Crippen LogP contribution in [0.25, 0.3) is 10.8 Å². The lowest BCUT2D eigenvalue weighted by Gasteiger charge is -2.16. The molecule has 1 atom stereocenters. The lowest BCUT2D eigenvalue weighted by molar-refractivity contribution is 0.0690. The Labute approximate surface area is 138 Å². The van der Waals surface area contributed by atoms with Crippen LogP contribution in [0, 0.1) is 0 Å². The summed E-state index contributed by atoms with van der Waals surface area (Å²) in [5.41, 5.74) is 0.747. The third-order valence-corrected chi connectivity index (χ3v) is 3.65. The molecule has 0 fully saturated rings. The molecule has 0 spiro atoms. The van der Waals surface area contributed by atoms with Crippen molar-refractivity contribution in [2.24, 2.45) is 0 Å². The molecule has 0 amide bonds. The van der Waals surface area contributed by atoms with Gasteiger partial charge in [-0.2, -0.15) is 0 Å². The number of carboxylic acid groups (broad SMARTS) is 1. The molecule has 0 saturated heterocycles. The standard InChI is InChI=1S/C17H16N4O3/c1-10(21-15-9-19-14(8-20-15)17(22)23)16-13-7-12(24-2)4-3-11(13)5-6-18-16/h3-10H,1-2H3,(H,20,21)(H,22,23). The van der Waals surface area contributed by atoms with Gasteiger partial charge in [0, 0.05) is 11.6 Å². The maximum absolute atomic E-state index is 10.8. The molecule has 7 heteroatoms. The maximum atomic E-state index is 10.8. The van der Waals surface area contributed by atoms with Gasteiger partial charge in [0.05, 0.1) is 31.2 Å². The molecule has 2 aromatic heterocycles. The molecule has 0 bridgehead atoms. The molecule has 2 N–H and O–H groups in total. The molecule has 2 heterocycles. The van der Waals surface area contributed by atoms with Gasteiger partial charge in [-0.3, -0.25) is 4.98 Å². The summed E-state index contributed by atoms with van der Waals surface area (Å²) in [6.07, 6.45) is 4.37. The van der Waals surface area contributed by atoms with Crippen molar-refractivity contribution in [3.8, 4) is 5.75 Å². The predicted molar refractivity (Wildman–Crippen MR) is 89.3 cm³/mol. The number of anilines is 1. The van der Waals surface area contributed by atoms with Crippen molar-refractivity contribution in [2.75, 3.05) is 12.4 Å². The second-order valence-corrected chi connectivity index (χ2v) is 5.24. The summed E-state index contributed by atoms with van der Waals surface area (Å²) in [4.78, 5) is 23.2. The van der Waals surface area contributed by atoms with Gasteiger partial charge < -0.3 is 15.2 Å². The van der Waals surface area contributed by atoms with Gasteiger partial charge >= 0.3 is 5.97 Å². The van der Waals surface area contributed by atoms with E-state index >= 15 is 0 Å². The second-order valence-electron chi connectivity index (χ2n) is 5.24. The summed E-state index contributed by atoms with van der Waals surface area (Å²) < 4.78 is 5.28. The third kappa shape index (κ3) is 3.10. The van der Waals surface area contributed by atoms with Crippen LogP contribution in [-0.4, -0.2) is 33.1 Å². The van der Waals surface area contributed by atoms with Crippen LogP contribution in [0.15, 0.2) is 42.9 Å². The molecular weight excluding hydrogens is 308 g/mol. The molecule has 1 unspecified atom stereocenters. The zero-order valence-electron chi connectivity index (χ0n) is 13.2. The highest BCUT2D eigenvalue weighted by Gasteiger charge is 2.13. The number of aromatic nitrogens is 3. The number of methoxy groups -OCH3 is 1. The van der Waals surface area contributed by atoms with Gasteiger partial charge in [-0.05, 0) is 30.5 Å². The highest BCUT2D eigenvalue weighted by molar-refractivity contribution is 5.86. The highest BCUT2D eigenvalue weighted by atomic mass is 16.5. The topological polar surface area (TPSA) is 97.2 Å². The SMILES string of the molecule is COc1ccc2ccnc(C(C)Nc3cnc(C(=O)O)cn3)c2c1. The second kappa shape index (κ2) is 6.49. The van der Waals surface area contributed by atoms with E-state index in [0.717, 1.165) is 22.2 Å². The Hall–Kier alpha value is -3.22. The number of nitrogens with one attached hydrogen (secondary N) is 1. The van der Waals surface area contributed by atoms with Gasteiger partial charge in [0.2, 0.25) is 0 Å². The van der Waals surface area contributed by atoms with Crippen molar-refractivity contribution in [1.82, 2.24) is 15.0 Å². The average molecular weight is 324 g/mol. The molecule has 0 aliphatic heterocycles. The van der Waals surface area contributed by atoms with Crippen LogP contribution in [0.5, 0.6) is 5.75 Å². The number of carboxylic acids is 1. The average Bonchev–Trinajstić information content (AvgIpc) is 2.61. The first-order valence-electron chi connectivity index (χ1n) is 7.33. The van der Waals surface area contributed by atoms with Gasteiger partial charge in [0.1, 0.15) is 11.6 Å². The van der Waals surface area contributed by atoms with Gasteiger partial charge in [-0.1, -0.05) is 6.07 Å². The molecule has 3 rings (SSSR count). The molecular formula is C17H16N4O3. The summed E-state index contributed by atoms with van der Waals surface area (Å²) in [5.74, 6) is 0.133. The number of pyridine rings is 1. The van der Waals surface area contributed by atoms with Crippen molar-refractivity contribution < 1.29 is 14.6 Å². The number of hydrogen-bond acceptors (Lipinski definition) is 6. The summed E-state index contributed by atoms with van der Waals surface area (Å²) in [6, 6.07) is 7.61. The molecule has 0 radical (unpaired) electrons. The Balaban J connectivity index is 1.90. The first-order chi connectivity index (χ1) is 11.6. The Morgan fingerprint density at radius 3 is 2.71 bits per heavy atom. The summed E-state index contributed by atoms with van der Waals surface area (Å²) in [6.45, 7) is 1.95. The molecule has 0 aliphatic carbocycles. The molecule has 1 aromatic carbocycles. The van der Waals surface area contributed by atoms with Crippen LogP contribution < -0.4 is 10.1 Å². The number of ether oxygens (including phenoxy) is 1. The van der Waals surface area contributed by atoms with Crippen molar-refractivity contribution in [3.05, 3.63) is 54.2 Å². The lowest BCUT2D eigenvalue weighted by Crippen LogP contribution is -2.11. The normalized spacial score (nSPS) is 11.9. The number of aromatic carboxylic acids is 1. The van der Waals surface area contributed by atoms with Crippen LogP contribution in [0.1, 0.15) is 29.1 Å². The predicted octanol–water partition coefficient (Wildman–Crippen LogP) is 2.90. The van der Waals surface area contributed by atoms with E-state index < -0.39 is 5.97 Å². The number of benzene rings is 1. The van der Waals surface area contributed by atoms with Crippen LogP contribution in [-0.2, 0) is 0 Å². The maximum Gasteiger partial charge on any atom is 0.356 e. The highest BCUT2D eigenvalue weighted by Crippen LogP contribution is 2.27. The molecule has 0 aliphatic rings. The minimum absolute atomic E-state index is 0.0961. The van der Waals surface area contributed by atoms with E-state index in [9.17, 15) is 4.79 Å². The van der Waals surface area contributed by atoms with Crippen LogP contribution in [0.2, 0.25) is 0 Å². The van der Waals surface area contributed by atoms with Crippen LogP contribution in [0.4, 0.5) is 5.82 Å². The first-order valence-corrected chi connectivity index (χ1v) is 7.33. The lowest BCUT2D eigenvalue weighted by atomic mass is 10.1. The minimum atomic E-state index is -1.11. The van der Waals surface area contributed by atoms with Gasteiger partial charge in [0.15, 0.2) is 5.69 Å². The van der Waals surface area contributed by atoms with Crippen molar-refractivity contribution in [1.29, 1.82) is 0 Å². The summed E-state index contributed by atoms with van der Waals surface area (Å²) in [5, 5.41) is 14.1.